The van der Waals surface area contributed by atoms with Crippen LogP contribution in [-0.4, -0.2) is 44.5 Å². The summed E-state index contributed by atoms with van der Waals surface area (Å²) >= 11 is 0. The van der Waals surface area contributed by atoms with E-state index in [1.807, 2.05) is 13.1 Å². The molecule has 0 unspecified atom stereocenters. The Morgan fingerprint density at radius 1 is 1.39 bits per heavy atom. The number of ether oxygens (including phenoxy) is 1. The van der Waals surface area contributed by atoms with E-state index in [1.54, 1.807) is 25.2 Å². The molecule has 1 aromatic carbocycles. The van der Waals surface area contributed by atoms with E-state index < -0.39 is 13.0 Å². The molecule has 0 aromatic heterocycles. The molecule has 0 heterocycles. The van der Waals surface area contributed by atoms with Gasteiger partial charge in [-0.2, -0.15) is 0 Å². The molecule has 0 bridgehead atoms. The summed E-state index contributed by atoms with van der Waals surface area (Å²) in [4.78, 5) is 6.31. The zero-order valence-corrected chi connectivity index (χ0v) is 16.2. The third-order valence-corrected chi connectivity index (χ3v) is 3.15. The highest BCUT2D eigenvalue weighted by Gasteiger charge is 2.06. The van der Waals surface area contributed by atoms with Crippen molar-refractivity contribution in [3.8, 4) is 5.75 Å². The van der Waals surface area contributed by atoms with E-state index in [-0.39, 0.29) is 24.0 Å². The summed E-state index contributed by atoms with van der Waals surface area (Å²) in [5.41, 5.74) is 0.955. The summed E-state index contributed by atoms with van der Waals surface area (Å²) in [6.07, 6.45) is -0.230. The van der Waals surface area contributed by atoms with Crippen LogP contribution in [0.1, 0.15) is 25.3 Å². The minimum Gasteiger partial charge on any atom is -0.488 e. The van der Waals surface area contributed by atoms with Gasteiger partial charge in [-0.05, 0) is 24.1 Å². The molecule has 1 aromatic rings. The number of nitrogens with one attached hydrogen (secondary N) is 1. The van der Waals surface area contributed by atoms with E-state index in [1.165, 1.54) is 0 Å². The number of alkyl halides is 2. The molecule has 1 rings (SSSR count). The highest BCUT2D eigenvalue weighted by molar-refractivity contribution is 14.0. The van der Waals surface area contributed by atoms with Gasteiger partial charge in [0.15, 0.2) is 5.96 Å². The first-order valence-electron chi connectivity index (χ1n) is 7.48. The fourth-order valence-corrected chi connectivity index (χ4v) is 1.97. The maximum Gasteiger partial charge on any atom is 0.272 e. The maximum absolute atomic E-state index is 12.2. The topological polar surface area (TPSA) is 36.9 Å². The van der Waals surface area contributed by atoms with Crippen LogP contribution in [0.25, 0.3) is 0 Å². The number of hydrogen-bond acceptors (Lipinski definition) is 2. The SMILES string of the molecule is CCCCN(C)C(=NC)NCc1cccc(OCC(F)F)c1.I. The summed E-state index contributed by atoms with van der Waals surface area (Å²) in [7, 11) is 3.74. The Labute approximate surface area is 154 Å². The fourth-order valence-electron chi connectivity index (χ4n) is 1.97. The first kappa shape index (κ1) is 21.9. The monoisotopic (exact) mass is 441 g/mol. The van der Waals surface area contributed by atoms with Crippen LogP contribution in [0.5, 0.6) is 5.75 Å². The van der Waals surface area contributed by atoms with Crippen molar-refractivity contribution >= 4 is 29.9 Å². The lowest BCUT2D eigenvalue weighted by Gasteiger charge is -2.22. The zero-order valence-electron chi connectivity index (χ0n) is 13.9. The van der Waals surface area contributed by atoms with Gasteiger partial charge < -0.3 is 15.0 Å². The predicted molar refractivity (Wildman–Crippen MR) is 101 cm³/mol. The molecule has 0 saturated heterocycles. The minimum absolute atomic E-state index is 0. The van der Waals surface area contributed by atoms with Crippen LogP contribution in [0, 0.1) is 0 Å². The molecule has 0 aliphatic carbocycles. The summed E-state index contributed by atoms with van der Waals surface area (Å²) in [6.45, 7) is 3.07. The third kappa shape index (κ3) is 8.92. The lowest BCUT2D eigenvalue weighted by molar-refractivity contribution is 0.0818. The van der Waals surface area contributed by atoms with Crippen molar-refractivity contribution in [2.24, 2.45) is 4.99 Å². The second kappa shape index (κ2) is 12.3. The Bertz CT molecular complexity index is 472. The maximum atomic E-state index is 12.2. The van der Waals surface area contributed by atoms with Crippen LogP contribution in [0.3, 0.4) is 0 Å². The summed E-state index contributed by atoms with van der Waals surface area (Å²) in [5, 5.41) is 3.26. The molecule has 4 nitrogen and oxygen atoms in total. The summed E-state index contributed by atoms with van der Waals surface area (Å²) < 4.78 is 29.3. The highest BCUT2D eigenvalue weighted by Crippen LogP contribution is 2.14. The Morgan fingerprint density at radius 3 is 2.74 bits per heavy atom. The first-order chi connectivity index (χ1) is 10.6. The lowest BCUT2D eigenvalue weighted by Crippen LogP contribution is -2.38. The molecule has 0 aliphatic heterocycles. The van der Waals surface area contributed by atoms with Gasteiger partial charge in [-0.15, -0.1) is 24.0 Å². The molecule has 7 heteroatoms. The zero-order chi connectivity index (χ0) is 16.4. The molecule has 0 spiro atoms. The largest absolute Gasteiger partial charge is 0.488 e. The fraction of sp³-hybridized carbons (Fsp3) is 0.562. The van der Waals surface area contributed by atoms with Crippen molar-refractivity contribution in [2.75, 3.05) is 27.2 Å². The van der Waals surface area contributed by atoms with E-state index in [4.69, 9.17) is 4.74 Å². The number of hydrogen-bond donors (Lipinski definition) is 1. The molecule has 0 amide bonds. The molecule has 0 radical (unpaired) electrons. The number of aliphatic imine (C=N–C) groups is 1. The number of guanidine groups is 1. The average molecular weight is 441 g/mol. The molecule has 23 heavy (non-hydrogen) atoms. The number of unbranched alkanes of at least 4 members (excludes halogenated alkanes) is 1. The van der Waals surface area contributed by atoms with Crippen LogP contribution in [0.15, 0.2) is 29.3 Å². The Kier molecular flexibility index (Phi) is 11.7. The van der Waals surface area contributed by atoms with Gasteiger partial charge in [-0.1, -0.05) is 25.5 Å². The number of nitrogens with zero attached hydrogens (tertiary/aromatic N) is 2. The van der Waals surface area contributed by atoms with Crippen LogP contribution in [-0.2, 0) is 6.54 Å². The van der Waals surface area contributed by atoms with Gasteiger partial charge in [0.25, 0.3) is 6.43 Å². The lowest BCUT2D eigenvalue weighted by atomic mass is 10.2. The van der Waals surface area contributed by atoms with Gasteiger partial charge in [0.1, 0.15) is 12.4 Å². The molecule has 0 atom stereocenters. The number of benzene rings is 1. The van der Waals surface area contributed by atoms with Gasteiger partial charge >= 0.3 is 0 Å². The average Bonchev–Trinajstić information content (AvgIpc) is 2.52. The van der Waals surface area contributed by atoms with Crippen LogP contribution in [0.2, 0.25) is 0 Å². The van der Waals surface area contributed by atoms with Crippen molar-refractivity contribution in [1.29, 1.82) is 0 Å². The molecule has 0 aliphatic rings. The van der Waals surface area contributed by atoms with Gasteiger partial charge in [0.2, 0.25) is 0 Å². The van der Waals surface area contributed by atoms with E-state index in [9.17, 15) is 8.78 Å². The first-order valence-corrected chi connectivity index (χ1v) is 7.48. The van der Waals surface area contributed by atoms with Gasteiger partial charge in [0.05, 0.1) is 0 Å². The van der Waals surface area contributed by atoms with Crippen molar-refractivity contribution in [2.45, 2.75) is 32.7 Å². The predicted octanol–water partition coefficient (Wildman–Crippen LogP) is 3.76. The number of rotatable bonds is 8. The Balaban J connectivity index is 0.00000484. The molecule has 132 valence electrons. The second-order valence-electron chi connectivity index (χ2n) is 5.03. The van der Waals surface area contributed by atoms with Crippen molar-refractivity contribution < 1.29 is 13.5 Å². The van der Waals surface area contributed by atoms with Crippen molar-refractivity contribution in [3.63, 3.8) is 0 Å². The number of halogens is 3. The highest BCUT2D eigenvalue weighted by atomic mass is 127. The molecule has 0 fully saturated rings. The molecule has 1 N–H and O–H groups in total. The molecule has 0 saturated carbocycles. The Morgan fingerprint density at radius 2 is 2.13 bits per heavy atom. The minimum atomic E-state index is -2.46. The second-order valence-corrected chi connectivity index (χ2v) is 5.03. The van der Waals surface area contributed by atoms with E-state index >= 15 is 0 Å². The quantitative estimate of drug-likeness (QED) is 0.379. The van der Waals surface area contributed by atoms with Crippen LogP contribution >= 0.6 is 24.0 Å². The van der Waals surface area contributed by atoms with Crippen molar-refractivity contribution in [3.05, 3.63) is 29.8 Å². The normalized spacial score (nSPS) is 11.1. The standard InChI is InChI=1S/C16H25F2N3O.HI/c1-4-5-9-21(3)16(19-2)20-11-13-7-6-8-14(10-13)22-12-15(17)18;/h6-8,10,15H,4-5,9,11-12H2,1-3H3,(H,19,20);1H. The van der Waals surface area contributed by atoms with E-state index in [0.29, 0.717) is 12.3 Å². The van der Waals surface area contributed by atoms with Crippen LogP contribution < -0.4 is 10.1 Å². The van der Waals surface area contributed by atoms with Crippen molar-refractivity contribution in [1.82, 2.24) is 10.2 Å². The third-order valence-electron chi connectivity index (χ3n) is 3.15. The molecular formula is C16H26F2IN3O. The van der Waals surface area contributed by atoms with E-state index in [0.717, 1.165) is 30.9 Å². The summed E-state index contributed by atoms with van der Waals surface area (Å²) in [6, 6.07) is 7.14. The van der Waals surface area contributed by atoms with E-state index in [2.05, 4.69) is 22.1 Å². The van der Waals surface area contributed by atoms with Crippen LogP contribution in [0.4, 0.5) is 8.78 Å². The summed E-state index contributed by atoms with van der Waals surface area (Å²) in [5.74, 6) is 1.27. The smallest absolute Gasteiger partial charge is 0.272 e. The van der Waals surface area contributed by atoms with Gasteiger partial charge in [-0.3, -0.25) is 4.99 Å². The van der Waals surface area contributed by atoms with Gasteiger partial charge in [-0.25, -0.2) is 8.78 Å². The Hall–Kier alpha value is -1.12. The van der Waals surface area contributed by atoms with Gasteiger partial charge in [0, 0.05) is 27.2 Å². The molecular weight excluding hydrogens is 415 g/mol.